The molecule has 0 aliphatic heterocycles. The predicted octanol–water partition coefficient (Wildman–Crippen LogP) is 1.44. The monoisotopic (exact) mass is 351 g/mol. The second kappa shape index (κ2) is 7.55. The lowest BCUT2D eigenvalue weighted by molar-refractivity contribution is -0.385. The summed E-state index contributed by atoms with van der Waals surface area (Å²) in [4.78, 5) is 34.0. The molecule has 0 radical (unpaired) electrons. The maximum atomic E-state index is 11.9. The van der Waals surface area contributed by atoms with E-state index in [4.69, 9.17) is 11.6 Å². The van der Waals surface area contributed by atoms with E-state index in [2.05, 4.69) is 20.8 Å². The molecule has 1 heterocycles. The molecule has 0 unspecified atom stereocenters. The molecule has 0 bridgehead atoms. The van der Waals surface area contributed by atoms with Crippen molar-refractivity contribution in [3.63, 3.8) is 0 Å². The highest BCUT2D eigenvalue weighted by atomic mass is 35.5. The summed E-state index contributed by atoms with van der Waals surface area (Å²) in [5.41, 5.74) is -0.0234. The van der Waals surface area contributed by atoms with Gasteiger partial charge in [0, 0.05) is 23.7 Å². The third kappa shape index (κ3) is 4.07. The number of amides is 2. The van der Waals surface area contributed by atoms with Gasteiger partial charge in [0.05, 0.1) is 4.92 Å². The molecule has 0 spiro atoms. The van der Waals surface area contributed by atoms with Crippen LogP contribution in [-0.4, -0.2) is 40.0 Å². The molecule has 1 aromatic carbocycles. The number of carbonyl (C=O) groups is 2. The van der Waals surface area contributed by atoms with Crippen molar-refractivity contribution in [3.8, 4) is 0 Å². The van der Waals surface area contributed by atoms with E-state index in [9.17, 15) is 19.7 Å². The van der Waals surface area contributed by atoms with Crippen LogP contribution in [0.2, 0.25) is 5.02 Å². The smallest absolute Gasteiger partial charge is 0.322 e. The number of nitrogens with zero attached hydrogens (tertiary/aromatic N) is 2. The van der Waals surface area contributed by atoms with Crippen LogP contribution in [0.3, 0.4) is 0 Å². The number of carbonyl (C=O) groups excluding carboxylic acids is 2. The molecule has 0 aliphatic rings. The van der Waals surface area contributed by atoms with Gasteiger partial charge in [-0.2, -0.15) is 5.10 Å². The van der Waals surface area contributed by atoms with Crippen LogP contribution in [0.4, 0.5) is 5.69 Å². The zero-order valence-corrected chi connectivity index (χ0v) is 13.4. The summed E-state index contributed by atoms with van der Waals surface area (Å²) >= 11 is 5.74. The number of aryl methyl sites for hydroxylation is 1. The summed E-state index contributed by atoms with van der Waals surface area (Å²) in [5, 5.41) is 22.5. The van der Waals surface area contributed by atoms with Crippen LogP contribution >= 0.6 is 11.6 Å². The van der Waals surface area contributed by atoms with Crippen molar-refractivity contribution in [1.29, 1.82) is 0 Å². The highest BCUT2D eigenvalue weighted by Crippen LogP contribution is 2.19. The van der Waals surface area contributed by atoms with Gasteiger partial charge in [0.2, 0.25) is 5.69 Å². The molecule has 126 valence electrons. The lowest BCUT2D eigenvalue weighted by Crippen LogP contribution is -2.35. The second-order valence-electron chi connectivity index (χ2n) is 4.82. The molecule has 24 heavy (non-hydrogen) atoms. The number of aromatic nitrogens is 2. The van der Waals surface area contributed by atoms with Crippen molar-refractivity contribution < 1.29 is 14.5 Å². The van der Waals surface area contributed by atoms with E-state index < -0.39 is 10.8 Å². The minimum atomic E-state index is -0.688. The zero-order chi connectivity index (χ0) is 17.7. The first kappa shape index (κ1) is 17.4. The Balaban J connectivity index is 1.84. The topological polar surface area (TPSA) is 130 Å². The second-order valence-corrected chi connectivity index (χ2v) is 5.26. The molecule has 3 N–H and O–H groups in total. The minimum Gasteiger partial charge on any atom is -0.350 e. The minimum absolute atomic E-state index is 0.0984. The Morgan fingerprint density at radius 1 is 1.21 bits per heavy atom. The molecule has 0 saturated heterocycles. The maximum absolute atomic E-state index is 11.9. The van der Waals surface area contributed by atoms with Gasteiger partial charge in [0.25, 0.3) is 11.8 Å². The maximum Gasteiger partial charge on any atom is 0.322 e. The number of hydrogen-bond acceptors (Lipinski definition) is 5. The molecular weight excluding hydrogens is 338 g/mol. The van der Waals surface area contributed by atoms with E-state index in [0.717, 1.165) is 0 Å². The van der Waals surface area contributed by atoms with Crippen LogP contribution in [-0.2, 0) is 0 Å². The Morgan fingerprint density at radius 3 is 2.38 bits per heavy atom. The summed E-state index contributed by atoms with van der Waals surface area (Å²) in [6.45, 7) is 1.71. The third-order valence-corrected chi connectivity index (χ3v) is 3.37. The number of benzene rings is 1. The lowest BCUT2D eigenvalue weighted by Gasteiger charge is -2.06. The number of aromatic amines is 1. The van der Waals surface area contributed by atoms with E-state index in [1.165, 1.54) is 6.92 Å². The van der Waals surface area contributed by atoms with Gasteiger partial charge in [-0.15, -0.1) is 0 Å². The molecule has 10 heteroatoms. The van der Waals surface area contributed by atoms with Gasteiger partial charge in [-0.25, -0.2) is 0 Å². The van der Waals surface area contributed by atoms with Crippen LogP contribution in [0.15, 0.2) is 24.3 Å². The first-order chi connectivity index (χ1) is 11.4. The van der Waals surface area contributed by atoms with Crippen molar-refractivity contribution >= 4 is 29.1 Å². The van der Waals surface area contributed by atoms with E-state index in [-0.39, 0.29) is 36.1 Å². The predicted molar refractivity (Wildman–Crippen MR) is 86.1 cm³/mol. The van der Waals surface area contributed by atoms with Gasteiger partial charge in [-0.3, -0.25) is 24.8 Å². The van der Waals surface area contributed by atoms with E-state index in [0.29, 0.717) is 10.6 Å². The Hall–Kier alpha value is -2.94. The van der Waals surface area contributed by atoms with Crippen LogP contribution in [0, 0.1) is 17.0 Å². The summed E-state index contributed by atoms with van der Waals surface area (Å²) in [6.07, 6.45) is 0. The third-order valence-electron chi connectivity index (χ3n) is 3.12. The van der Waals surface area contributed by atoms with Gasteiger partial charge in [-0.1, -0.05) is 11.6 Å². The molecule has 9 nitrogen and oxygen atoms in total. The van der Waals surface area contributed by atoms with Crippen LogP contribution < -0.4 is 10.6 Å². The van der Waals surface area contributed by atoms with Crippen LogP contribution in [0.1, 0.15) is 26.5 Å². The Morgan fingerprint density at radius 2 is 1.79 bits per heavy atom. The van der Waals surface area contributed by atoms with Gasteiger partial charge in [0.1, 0.15) is 5.69 Å². The largest absolute Gasteiger partial charge is 0.350 e. The standard InChI is InChI=1S/C14H14ClN5O4/c1-8-12(20(23)24)11(19-18-8)14(22)17-7-6-16-13(21)9-2-4-10(15)5-3-9/h2-5H,6-7H2,1H3,(H,16,21)(H,17,22)(H,18,19). The highest BCUT2D eigenvalue weighted by Gasteiger charge is 2.26. The van der Waals surface area contributed by atoms with Gasteiger partial charge >= 0.3 is 5.69 Å². The number of halogens is 1. The van der Waals surface area contributed by atoms with E-state index in [1.807, 2.05) is 0 Å². The normalized spacial score (nSPS) is 10.2. The molecule has 0 saturated carbocycles. The number of nitrogens with one attached hydrogen (secondary N) is 3. The fraction of sp³-hybridized carbons (Fsp3) is 0.214. The van der Waals surface area contributed by atoms with Crippen molar-refractivity contribution in [2.75, 3.05) is 13.1 Å². The molecule has 0 aliphatic carbocycles. The van der Waals surface area contributed by atoms with Gasteiger partial charge in [-0.05, 0) is 31.2 Å². The molecule has 0 fully saturated rings. The van der Waals surface area contributed by atoms with Crippen molar-refractivity contribution in [2.24, 2.45) is 0 Å². The Kier molecular flexibility index (Phi) is 5.48. The number of H-pyrrole nitrogens is 1. The average molecular weight is 352 g/mol. The highest BCUT2D eigenvalue weighted by molar-refractivity contribution is 6.30. The summed E-state index contributed by atoms with van der Waals surface area (Å²) in [5.74, 6) is -1.01. The fourth-order valence-corrected chi connectivity index (χ4v) is 2.07. The Labute approximate surface area is 141 Å². The lowest BCUT2D eigenvalue weighted by atomic mass is 10.2. The molecular formula is C14H14ClN5O4. The summed E-state index contributed by atoms with van der Waals surface area (Å²) in [6, 6.07) is 6.34. The van der Waals surface area contributed by atoms with Gasteiger partial charge < -0.3 is 10.6 Å². The van der Waals surface area contributed by atoms with E-state index >= 15 is 0 Å². The van der Waals surface area contributed by atoms with Crippen LogP contribution in [0.25, 0.3) is 0 Å². The quantitative estimate of drug-likeness (QED) is 0.412. The molecule has 1 aromatic heterocycles. The first-order valence-corrected chi connectivity index (χ1v) is 7.29. The number of hydrogen-bond donors (Lipinski definition) is 3. The molecule has 2 aromatic rings. The van der Waals surface area contributed by atoms with Crippen LogP contribution in [0.5, 0.6) is 0 Å². The average Bonchev–Trinajstić information content (AvgIpc) is 2.93. The van der Waals surface area contributed by atoms with Crippen molar-refractivity contribution in [2.45, 2.75) is 6.92 Å². The summed E-state index contributed by atoms with van der Waals surface area (Å²) in [7, 11) is 0. The molecule has 2 amide bonds. The van der Waals surface area contributed by atoms with Crippen molar-refractivity contribution in [3.05, 3.63) is 56.4 Å². The fourth-order valence-electron chi connectivity index (χ4n) is 1.94. The molecule has 2 rings (SSSR count). The number of rotatable bonds is 6. The first-order valence-electron chi connectivity index (χ1n) is 6.91. The molecule has 0 atom stereocenters. The van der Waals surface area contributed by atoms with Gasteiger partial charge in [0.15, 0.2) is 0 Å². The Bertz CT molecular complexity index is 772. The van der Waals surface area contributed by atoms with E-state index in [1.54, 1.807) is 24.3 Å². The SMILES string of the molecule is Cc1[nH]nc(C(=O)NCCNC(=O)c2ccc(Cl)cc2)c1[N+](=O)[O-]. The zero-order valence-electron chi connectivity index (χ0n) is 12.6. The summed E-state index contributed by atoms with van der Waals surface area (Å²) < 4.78 is 0. The van der Waals surface area contributed by atoms with Crippen molar-refractivity contribution in [1.82, 2.24) is 20.8 Å². The number of nitro groups is 1.